The Hall–Kier alpha value is -1.43. The lowest BCUT2D eigenvalue weighted by molar-refractivity contribution is -0.147. The molecule has 1 aliphatic carbocycles. The van der Waals surface area contributed by atoms with Crippen molar-refractivity contribution in [1.29, 1.82) is 0 Å². The molecule has 2 unspecified atom stereocenters. The summed E-state index contributed by atoms with van der Waals surface area (Å²) in [6, 6.07) is -0.434. The molecule has 6 heteroatoms. The van der Waals surface area contributed by atoms with Crippen LogP contribution in [0.1, 0.15) is 50.2 Å². The van der Waals surface area contributed by atoms with Gasteiger partial charge in [0.1, 0.15) is 6.04 Å². The van der Waals surface area contributed by atoms with E-state index in [9.17, 15) is 9.90 Å². The average molecular weight is 265 g/mol. The highest BCUT2D eigenvalue weighted by atomic mass is 16.5. The third-order valence-corrected chi connectivity index (χ3v) is 4.05. The second kappa shape index (κ2) is 4.92. The van der Waals surface area contributed by atoms with E-state index >= 15 is 0 Å². The zero-order valence-electron chi connectivity index (χ0n) is 11.1. The van der Waals surface area contributed by atoms with Crippen LogP contribution in [-0.2, 0) is 11.3 Å². The lowest BCUT2D eigenvalue weighted by atomic mass is 9.91. The number of aliphatic carboxylic acids is 1. The molecule has 1 saturated heterocycles. The van der Waals surface area contributed by atoms with Crippen LogP contribution in [0, 0.1) is 5.92 Å². The van der Waals surface area contributed by atoms with Crippen LogP contribution in [0.25, 0.3) is 0 Å². The summed E-state index contributed by atoms with van der Waals surface area (Å²) in [6.07, 6.45) is 4.24. The lowest BCUT2D eigenvalue weighted by Crippen LogP contribution is -2.48. The monoisotopic (exact) mass is 265 g/mol. The largest absolute Gasteiger partial charge is 0.480 e. The summed E-state index contributed by atoms with van der Waals surface area (Å²) in [4.78, 5) is 17.7. The first-order valence-electron chi connectivity index (χ1n) is 6.94. The molecule has 104 valence electrons. The predicted molar refractivity (Wildman–Crippen MR) is 66.5 cm³/mol. The number of rotatable bonds is 4. The Labute approximate surface area is 111 Å². The number of nitrogens with zero attached hydrogens (tertiary/aromatic N) is 3. The molecule has 2 fully saturated rings. The van der Waals surface area contributed by atoms with Crippen molar-refractivity contribution in [2.75, 3.05) is 6.54 Å². The van der Waals surface area contributed by atoms with Gasteiger partial charge >= 0.3 is 5.97 Å². The van der Waals surface area contributed by atoms with Crippen molar-refractivity contribution >= 4 is 5.97 Å². The fourth-order valence-corrected chi connectivity index (χ4v) is 2.86. The third kappa shape index (κ3) is 2.63. The Balaban J connectivity index is 1.70. The molecule has 3 rings (SSSR count). The number of hydrogen-bond acceptors (Lipinski definition) is 5. The highest BCUT2D eigenvalue weighted by Crippen LogP contribution is 2.39. The topological polar surface area (TPSA) is 79.5 Å². The lowest BCUT2D eigenvalue weighted by Gasteiger charge is -2.36. The Kier molecular flexibility index (Phi) is 3.26. The first-order valence-corrected chi connectivity index (χ1v) is 6.94. The Morgan fingerprint density at radius 2 is 2.26 bits per heavy atom. The zero-order chi connectivity index (χ0) is 13.4. The molecule has 2 aliphatic rings. The van der Waals surface area contributed by atoms with Gasteiger partial charge in [0, 0.05) is 5.92 Å². The van der Waals surface area contributed by atoms with Crippen LogP contribution in [0.3, 0.4) is 0 Å². The highest BCUT2D eigenvalue weighted by Gasteiger charge is 2.35. The van der Waals surface area contributed by atoms with E-state index in [0.29, 0.717) is 24.2 Å². The van der Waals surface area contributed by atoms with Gasteiger partial charge in [0.25, 0.3) is 0 Å². The molecule has 1 aromatic rings. The molecule has 0 amide bonds. The van der Waals surface area contributed by atoms with Gasteiger partial charge in [-0.15, -0.1) is 0 Å². The molecule has 19 heavy (non-hydrogen) atoms. The minimum absolute atomic E-state index is 0.168. The van der Waals surface area contributed by atoms with Crippen molar-refractivity contribution in [3.8, 4) is 0 Å². The maximum absolute atomic E-state index is 11.4. The highest BCUT2D eigenvalue weighted by molar-refractivity contribution is 5.74. The smallest absolute Gasteiger partial charge is 0.321 e. The Morgan fingerprint density at radius 1 is 1.47 bits per heavy atom. The molecule has 1 saturated carbocycles. The second-order valence-corrected chi connectivity index (χ2v) is 5.70. The summed E-state index contributed by atoms with van der Waals surface area (Å²) in [5, 5.41) is 13.3. The molecular weight excluding hydrogens is 246 g/mol. The number of aromatic nitrogens is 2. The normalized spacial score (nSPS) is 28.5. The molecule has 2 atom stereocenters. The van der Waals surface area contributed by atoms with Gasteiger partial charge in [-0.3, -0.25) is 9.69 Å². The predicted octanol–water partition coefficient (Wildman–Crippen LogP) is 1.63. The zero-order valence-corrected chi connectivity index (χ0v) is 11.1. The van der Waals surface area contributed by atoms with Crippen LogP contribution >= 0.6 is 0 Å². The first kappa shape index (κ1) is 12.6. The van der Waals surface area contributed by atoms with Crippen molar-refractivity contribution in [2.45, 2.75) is 51.1 Å². The molecular formula is C13H19N3O3. The van der Waals surface area contributed by atoms with E-state index in [0.717, 1.165) is 32.2 Å². The van der Waals surface area contributed by atoms with E-state index in [2.05, 4.69) is 10.1 Å². The molecule has 1 aliphatic heterocycles. The summed E-state index contributed by atoms with van der Waals surface area (Å²) < 4.78 is 5.22. The Bertz CT molecular complexity index is 469. The van der Waals surface area contributed by atoms with Crippen LogP contribution in [-0.4, -0.2) is 38.7 Å². The van der Waals surface area contributed by atoms with Crippen LogP contribution in [0.4, 0.5) is 0 Å². The van der Waals surface area contributed by atoms with E-state index in [4.69, 9.17) is 4.52 Å². The van der Waals surface area contributed by atoms with Crippen molar-refractivity contribution in [2.24, 2.45) is 5.92 Å². The van der Waals surface area contributed by atoms with Crippen LogP contribution in [0.15, 0.2) is 4.52 Å². The van der Waals surface area contributed by atoms with E-state index in [-0.39, 0.29) is 5.92 Å². The van der Waals surface area contributed by atoms with Gasteiger partial charge in [0.05, 0.1) is 6.54 Å². The second-order valence-electron chi connectivity index (χ2n) is 5.70. The van der Waals surface area contributed by atoms with Crippen LogP contribution < -0.4 is 0 Å². The minimum atomic E-state index is -0.752. The van der Waals surface area contributed by atoms with Gasteiger partial charge < -0.3 is 9.63 Å². The van der Waals surface area contributed by atoms with Crippen molar-refractivity contribution in [3.05, 3.63) is 11.7 Å². The molecule has 0 aromatic carbocycles. The van der Waals surface area contributed by atoms with Crippen molar-refractivity contribution < 1.29 is 14.4 Å². The molecule has 2 heterocycles. The summed E-state index contributed by atoms with van der Waals surface area (Å²) in [5.41, 5.74) is 0. The van der Waals surface area contributed by atoms with Crippen molar-refractivity contribution in [3.63, 3.8) is 0 Å². The van der Waals surface area contributed by atoms with E-state index in [1.807, 2.05) is 11.8 Å². The molecule has 0 bridgehead atoms. The number of likely N-dealkylation sites (tertiary alicyclic amines) is 1. The van der Waals surface area contributed by atoms with Gasteiger partial charge in [-0.05, 0) is 38.1 Å². The number of carboxylic acids is 1. The van der Waals surface area contributed by atoms with Gasteiger partial charge in [-0.2, -0.15) is 4.98 Å². The average Bonchev–Trinajstić information content (AvgIpc) is 3.10. The van der Waals surface area contributed by atoms with Gasteiger partial charge in [0.15, 0.2) is 5.82 Å². The maximum atomic E-state index is 11.4. The fourth-order valence-electron chi connectivity index (χ4n) is 2.86. The fraction of sp³-hybridized carbons (Fsp3) is 0.769. The van der Waals surface area contributed by atoms with Crippen LogP contribution in [0.2, 0.25) is 0 Å². The standard InChI is InChI=1S/C13H19N3O3/c1-8-3-2-6-16(11(8)13(17)18)7-10-14-12(19-15-10)9-4-5-9/h8-9,11H,2-7H2,1H3,(H,17,18). The third-order valence-electron chi connectivity index (χ3n) is 4.05. The number of piperidine rings is 1. The Morgan fingerprint density at radius 3 is 2.95 bits per heavy atom. The summed E-state index contributed by atoms with van der Waals surface area (Å²) in [5.74, 6) is 1.19. The van der Waals surface area contributed by atoms with E-state index < -0.39 is 12.0 Å². The first-order chi connectivity index (χ1) is 9.15. The van der Waals surface area contributed by atoms with Crippen LogP contribution in [0.5, 0.6) is 0 Å². The summed E-state index contributed by atoms with van der Waals surface area (Å²) in [7, 11) is 0. The quantitative estimate of drug-likeness (QED) is 0.891. The molecule has 1 aromatic heterocycles. The summed E-state index contributed by atoms with van der Waals surface area (Å²) in [6.45, 7) is 3.25. The minimum Gasteiger partial charge on any atom is -0.480 e. The number of carbonyl (C=O) groups is 1. The van der Waals surface area contributed by atoms with Gasteiger partial charge in [-0.25, -0.2) is 0 Å². The maximum Gasteiger partial charge on any atom is 0.321 e. The van der Waals surface area contributed by atoms with E-state index in [1.165, 1.54) is 0 Å². The summed E-state index contributed by atoms with van der Waals surface area (Å²) >= 11 is 0. The van der Waals surface area contributed by atoms with Gasteiger partial charge in [0.2, 0.25) is 5.89 Å². The van der Waals surface area contributed by atoms with Crippen molar-refractivity contribution in [1.82, 2.24) is 15.0 Å². The SMILES string of the molecule is CC1CCCN(Cc2noc(C3CC3)n2)C1C(=O)O. The molecule has 6 nitrogen and oxygen atoms in total. The van der Waals surface area contributed by atoms with E-state index in [1.54, 1.807) is 0 Å². The molecule has 1 N–H and O–H groups in total. The molecule has 0 spiro atoms. The number of carboxylic acid groups (broad SMARTS) is 1. The molecule has 0 radical (unpaired) electrons. The van der Waals surface area contributed by atoms with Gasteiger partial charge in [-0.1, -0.05) is 12.1 Å². The number of hydrogen-bond donors (Lipinski definition) is 1.